The van der Waals surface area contributed by atoms with Crippen LogP contribution in [0.25, 0.3) is 22.2 Å². The third-order valence-corrected chi connectivity index (χ3v) is 5.32. The molecule has 1 heterocycles. The smallest absolute Gasteiger partial charge is 0.344 e. The van der Waals surface area contributed by atoms with E-state index in [2.05, 4.69) is 41.0 Å². The monoisotopic (exact) mass is 395 g/mol. The highest BCUT2D eigenvalue weighted by atomic mass is 32.2. The maximum Gasteiger partial charge on any atom is 0.344 e. The number of benzene rings is 3. The highest BCUT2D eigenvalue weighted by Gasteiger charge is 2.15. The van der Waals surface area contributed by atoms with Crippen LogP contribution in [-0.2, 0) is 17.2 Å². The van der Waals surface area contributed by atoms with Crippen LogP contribution in [0.3, 0.4) is 0 Å². The molecule has 6 heteroatoms. The van der Waals surface area contributed by atoms with Gasteiger partial charge in [-0.05, 0) is 36.2 Å². The van der Waals surface area contributed by atoms with E-state index in [1.54, 1.807) is 12.1 Å². The summed E-state index contributed by atoms with van der Waals surface area (Å²) >= 11 is 0. The molecule has 0 aliphatic carbocycles. The zero-order valence-corrected chi connectivity index (χ0v) is 16.7. The third-order valence-electron chi connectivity index (χ3n) is 4.47. The van der Waals surface area contributed by atoms with E-state index in [-0.39, 0.29) is 4.90 Å². The largest absolute Gasteiger partial charge is 0.744 e. The Labute approximate surface area is 164 Å². The summed E-state index contributed by atoms with van der Waals surface area (Å²) in [5, 5.41) is 0. The molecule has 0 aliphatic rings. The highest BCUT2D eigenvalue weighted by Crippen LogP contribution is 2.23. The second-order valence-corrected chi connectivity index (χ2v) is 7.88. The lowest BCUT2D eigenvalue weighted by molar-refractivity contribution is -0.657. The molecule has 144 valence electrons. The summed E-state index contributed by atoms with van der Waals surface area (Å²) in [4.78, 5) is -0.178. The summed E-state index contributed by atoms with van der Waals surface area (Å²) in [6.07, 6.45) is 0. The predicted molar refractivity (Wildman–Crippen MR) is 107 cm³/mol. The molecule has 4 aromatic rings. The van der Waals surface area contributed by atoms with Crippen molar-refractivity contribution in [1.29, 1.82) is 0 Å². The number of nitrogens with zero attached hydrogens (tertiary/aromatic N) is 1. The van der Waals surface area contributed by atoms with Crippen molar-refractivity contribution in [2.75, 3.05) is 0 Å². The Hall–Kier alpha value is -2.96. The van der Waals surface area contributed by atoms with E-state index in [9.17, 15) is 13.0 Å². The van der Waals surface area contributed by atoms with Gasteiger partial charge in [0.1, 0.15) is 17.2 Å². The Kier molecular flexibility index (Phi) is 5.63. The second kappa shape index (κ2) is 7.96. The van der Waals surface area contributed by atoms with E-state index in [1.165, 1.54) is 23.3 Å². The van der Waals surface area contributed by atoms with Crippen LogP contribution in [-0.4, -0.2) is 13.0 Å². The first-order chi connectivity index (χ1) is 13.3. The number of hydrogen-bond donors (Lipinski definition) is 0. The first kappa shape index (κ1) is 19.8. The molecule has 0 radical (unpaired) electrons. The van der Waals surface area contributed by atoms with Crippen molar-refractivity contribution in [3.63, 3.8) is 0 Å². The number of oxazole rings is 1. The molecule has 0 fully saturated rings. The predicted octanol–water partition coefficient (Wildman–Crippen LogP) is 4.13. The van der Waals surface area contributed by atoms with Crippen molar-refractivity contribution in [2.24, 2.45) is 7.05 Å². The van der Waals surface area contributed by atoms with Crippen molar-refractivity contribution < 1.29 is 22.0 Å². The van der Waals surface area contributed by atoms with Crippen LogP contribution in [0.15, 0.2) is 82.1 Å². The van der Waals surface area contributed by atoms with E-state index in [1.807, 2.05) is 33.0 Å². The van der Waals surface area contributed by atoms with Gasteiger partial charge in [0.25, 0.3) is 5.52 Å². The molecule has 0 N–H and O–H groups in total. The van der Waals surface area contributed by atoms with Crippen LogP contribution in [0.4, 0.5) is 0 Å². The number of hydrogen-bond acceptors (Lipinski definition) is 4. The van der Waals surface area contributed by atoms with E-state index in [0.29, 0.717) is 0 Å². The van der Waals surface area contributed by atoms with Gasteiger partial charge in [-0.2, -0.15) is 4.57 Å². The number of fused-ring (bicyclic) bond motifs is 1. The molecule has 4 rings (SSSR count). The van der Waals surface area contributed by atoms with Gasteiger partial charge in [-0.1, -0.05) is 54.1 Å². The molecular weight excluding hydrogens is 374 g/mol. The second-order valence-electron chi connectivity index (χ2n) is 6.50. The SMILES string of the molecule is Cc1ccc(S(=O)(=O)[O-])cc1.Cc1oc2ccc(-c3ccccc3)cc2[n+]1C. The van der Waals surface area contributed by atoms with Gasteiger partial charge in [0.2, 0.25) is 5.58 Å². The van der Waals surface area contributed by atoms with Gasteiger partial charge in [0.15, 0.2) is 0 Å². The Morgan fingerprint density at radius 1 is 0.857 bits per heavy atom. The molecule has 0 amide bonds. The molecule has 0 saturated carbocycles. The average molecular weight is 395 g/mol. The zero-order valence-electron chi connectivity index (χ0n) is 15.9. The van der Waals surface area contributed by atoms with Crippen LogP contribution in [0.5, 0.6) is 0 Å². The molecule has 0 unspecified atom stereocenters. The number of rotatable bonds is 2. The fourth-order valence-corrected chi connectivity index (χ4v) is 3.25. The molecule has 0 spiro atoms. The summed E-state index contributed by atoms with van der Waals surface area (Å²) in [6, 6.07) is 22.5. The first-order valence-electron chi connectivity index (χ1n) is 8.73. The molecule has 3 aromatic carbocycles. The fourth-order valence-electron chi connectivity index (χ4n) is 2.78. The third kappa shape index (κ3) is 4.47. The van der Waals surface area contributed by atoms with Crippen molar-refractivity contribution >= 4 is 21.2 Å². The summed E-state index contributed by atoms with van der Waals surface area (Å²) in [5.74, 6) is 0.921. The quantitative estimate of drug-likeness (QED) is 0.378. The fraction of sp³-hybridized carbons (Fsp3) is 0.136. The molecule has 0 aliphatic heterocycles. The van der Waals surface area contributed by atoms with Crippen LogP contribution in [0.1, 0.15) is 11.5 Å². The van der Waals surface area contributed by atoms with Crippen molar-refractivity contribution in [2.45, 2.75) is 18.7 Å². The van der Waals surface area contributed by atoms with E-state index in [0.717, 1.165) is 22.6 Å². The van der Waals surface area contributed by atoms with E-state index < -0.39 is 10.1 Å². The standard InChI is InChI=1S/C15H14NO.C7H8O3S/c1-11-16(2)14-10-13(8-9-15(14)17-11)12-6-4-3-5-7-12;1-6-2-4-7(5-3-6)11(8,9)10/h3-10H,1-2H3;2-5H,1H3,(H,8,9,10)/q+1;/p-1. The molecule has 5 nitrogen and oxygen atoms in total. The molecule has 0 bridgehead atoms. The lowest BCUT2D eigenvalue weighted by Crippen LogP contribution is -2.28. The van der Waals surface area contributed by atoms with Crippen LogP contribution in [0, 0.1) is 13.8 Å². The maximum atomic E-state index is 10.4. The van der Waals surface area contributed by atoms with Gasteiger partial charge in [-0.15, -0.1) is 0 Å². The maximum absolute atomic E-state index is 10.4. The van der Waals surface area contributed by atoms with Gasteiger partial charge < -0.3 is 8.97 Å². The van der Waals surface area contributed by atoms with Crippen molar-refractivity contribution in [1.82, 2.24) is 0 Å². The van der Waals surface area contributed by atoms with Gasteiger partial charge in [0, 0.05) is 6.07 Å². The number of aryl methyl sites for hydroxylation is 3. The minimum atomic E-state index is -4.27. The Morgan fingerprint density at radius 2 is 1.50 bits per heavy atom. The van der Waals surface area contributed by atoms with E-state index >= 15 is 0 Å². The van der Waals surface area contributed by atoms with Gasteiger partial charge in [-0.25, -0.2) is 8.42 Å². The summed E-state index contributed by atoms with van der Waals surface area (Å²) in [5.41, 5.74) is 5.44. The summed E-state index contributed by atoms with van der Waals surface area (Å²) < 4.78 is 38.9. The Bertz CT molecular complexity index is 1190. The molecule has 28 heavy (non-hydrogen) atoms. The highest BCUT2D eigenvalue weighted by molar-refractivity contribution is 7.85. The van der Waals surface area contributed by atoms with Gasteiger partial charge in [-0.3, -0.25) is 0 Å². The molecule has 0 saturated heterocycles. The van der Waals surface area contributed by atoms with Gasteiger partial charge in [0.05, 0.1) is 11.8 Å². The van der Waals surface area contributed by atoms with Crippen LogP contribution < -0.4 is 4.57 Å². The van der Waals surface area contributed by atoms with E-state index in [4.69, 9.17) is 4.42 Å². The minimum absolute atomic E-state index is 0.178. The normalized spacial score (nSPS) is 11.1. The molecule has 0 atom stereocenters. The van der Waals surface area contributed by atoms with Crippen LogP contribution in [0.2, 0.25) is 0 Å². The lowest BCUT2D eigenvalue weighted by atomic mass is 10.1. The van der Waals surface area contributed by atoms with Crippen molar-refractivity contribution in [3.8, 4) is 11.1 Å². The van der Waals surface area contributed by atoms with Gasteiger partial charge >= 0.3 is 5.89 Å². The Morgan fingerprint density at radius 3 is 2.11 bits per heavy atom. The van der Waals surface area contributed by atoms with Crippen molar-refractivity contribution in [3.05, 3.63) is 84.3 Å². The van der Waals surface area contributed by atoms with Crippen LogP contribution >= 0.6 is 0 Å². The summed E-state index contributed by atoms with van der Waals surface area (Å²) in [6.45, 7) is 3.80. The average Bonchev–Trinajstić information content (AvgIpc) is 2.96. The first-order valence-corrected chi connectivity index (χ1v) is 10.1. The topological polar surface area (TPSA) is 74.2 Å². The molecular formula is C22H21NO4S. The zero-order chi connectivity index (χ0) is 20.3. The lowest BCUT2D eigenvalue weighted by Gasteiger charge is -2.05. The molecule has 1 aromatic heterocycles. The number of aromatic nitrogens is 1. The summed E-state index contributed by atoms with van der Waals surface area (Å²) in [7, 11) is -2.25. The Balaban J connectivity index is 0.000000178. The minimum Gasteiger partial charge on any atom is -0.744 e.